The number of methoxy groups -OCH3 is 2. The molecule has 3 rings (SSSR count). The molecule has 0 unspecified atom stereocenters. The predicted molar refractivity (Wildman–Crippen MR) is 109 cm³/mol. The van der Waals surface area contributed by atoms with Gasteiger partial charge in [-0.15, -0.1) is 5.10 Å². The molecule has 1 aliphatic rings. The Morgan fingerprint density at radius 2 is 1.77 bits per heavy atom. The third-order valence-electron chi connectivity index (χ3n) is 4.65. The number of amides is 1. The van der Waals surface area contributed by atoms with Crippen LogP contribution in [0.15, 0.2) is 18.3 Å². The van der Waals surface area contributed by atoms with Gasteiger partial charge >= 0.3 is 11.9 Å². The van der Waals surface area contributed by atoms with Gasteiger partial charge in [-0.05, 0) is 12.2 Å². The van der Waals surface area contributed by atoms with E-state index in [1.54, 1.807) is 0 Å². The summed E-state index contributed by atoms with van der Waals surface area (Å²) in [6.07, 6.45) is 1.51. The van der Waals surface area contributed by atoms with E-state index in [1.165, 1.54) is 27.8 Å². The van der Waals surface area contributed by atoms with E-state index in [4.69, 9.17) is 17.0 Å². The van der Waals surface area contributed by atoms with Gasteiger partial charge in [-0.2, -0.15) is 0 Å². The van der Waals surface area contributed by atoms with E-state index in [1.807, 2.05) is 0 Å². The average molecular weight is 454 g/mol. The largest absolute Gasteiger partial charge is 0.474 e. The van der Waals surface area contributed by atoms with E-state index in [-0.39, 0.29) is 49.3 Å². The maximum atomic E-state index is 14.8. The molecule has 1 aromatic carbocycles. The lowest BCUT2D eigenvalue weighted by Crippen LogP contribution is -2.51. The molecule has 2 aromatic rings. The number of anilines is 1. The highest BCUT2D eigenvalue weighted by molar-refractivity contribution is 7.80. The topological polar surface area (TPSA) is 102 Å². The van der Waals surface area contributed by atoms with Gasteiger partial charge in [0.2, 0.25) is 0 Å². The molecule has 0 radical (unpaired) electrons. The Balaban J connectivity index is 1.70. The van der Waals surface area contributed by atoms with Gasteiger partial charge in [0.1, 0.15) is 11.4 Å². The van der Waals surface area contributed by atoms with Gasteiger partial charge in [0, 0.05) is 38.3 Å². The number of ether oxygens (including phenoxy) is 2. The number of piperazine rings is 1. The maximum Gasteiger partial charge on any atom is 0.396 e. The number of aromatic nitrogens is 3. The van der Waals surface area contributed by atoms with Gasteiger partial charge in [-0.3, -0.25) is 4.79 Å². The number of esters is 1. The predicted octanol–water partition coefficient (Wildman–Crippen LogP) is 0.388. The number of nitrogens with zero attached hydrogens (tertiary/aromatic N) is 5. The van der Waals surface area contributed by atoms with Crippen LogP contribution in [0.3, 0.4) is 0 Å². The van der Waals surface area contributed by atoms with Gasteiger partial charge in [-0.1, -0.05) is 5.21 Å². The first kappa shape index (κ1) is 22.3. The molecule has 31 heavy (non-hydrogen) atoms. The van der Waals surface area contributed by atoms with Crippen LogP contribution in [0.4, 0.5) is 14.5 Å². The lowest BCUT2D eigenvalue weighted by atomic mass is 10.2. The Kier molecular flexibility index (Phi) is 6.95. The first-order valence-electron chi connectivity index (χ1n) is 9.18. The number of hydrogen-bond acceptors (Lipinski definition) is 8. The Morgan fingerprint density at radius 3 is 2.35 bits per heavy atom. The zero-order valence-corrected chi connectivity index (χ0v) is 17.6. The van der Waals surface area contributed by atoms with Crippen molar-refractivity contribution < 1.29 is 27.8 Å². The van der Waals surface area contributed by atoms with Crippen molar-refractivity contribution in [2.45, 2.75) is 6.54 Å². The van der Waals surface area contributed by atoms with Gasteiger partial charge in [0.15, 0.2) is 11.6 Å². The third-order valence-corrected chi connectivity index (χ3v) is 4.96. The third kappa shape index (κ3) is 5.05. The molecule has 1 amide bonds. The number of rotatable bonds is 4. The molecule has 166 valence electrons. The van der Waals surface area contributed by atoms with Crippen molar-refractivity contribution in [3.05, 3.63) is 35.7 Å². The molecule has 0 atom stereocenters. The maximum absolute atomic E-state index is 14.8. The molecule has 10 nitrogen and oxygen atoms in total. The molecule has 13 heteroatoms. The van der Waals surface area contributed by atoms with Gasteiger partial charge in [0.05, 0.1) is 32.6 Å². The summed E-state index contributed by atoms with van der Waals surface area (Å²) in [6, 6.07) is 2.30. The minimum Gasteiger partial charge on any atom is -0.474 e. The Labute approximate surface area is 181 Å². The second-order valence-corrected chi connectivity index (χ2v) is 6.90. The summed E-state index contributed by atoms with van der Waals surface area (Å²) < 4.78 is 40.0. The summed E-state index contributed by atoms with van der Waals surface area (Å²) in [4.78, 5) is 26.0. The van der Waals surface area contributed by atoms with E-state index in [0.29, 0.717) is 5.69 Å². The Morgan fingerprint density at radius 1 is 1.13 bits per heavy atom. The molecule has 1 N–H and O–H groups in total. The van der Waals surface area contributed by atoms with E-state index < -0.39 is 23.5 Å². The zero-order chi connectivity index (χ0) is 22.5. The standard InChI is InChI=1S/C18H20F2N6O4S/c1-29-17(28)16(27)25-5-3-24(4-6-25)15-13(19)7-12(8-14(15)20)26-10-11(22-23-26)9-21-18(31)30-2/h7-8,10H,3-6,9H2,1-2H3,(H,21,31). The molecule has 0 saturated carbocycles. The number of halogens is 2. The summed E-state index contributed by atoms with van der Waals surface area (Å²) in [5.41, 5.74) is 0.448. The van der Waals surface area contributed by atoms with Crippen LogP contribution in [0.5, 0.6) is 0 Å². The van der Waals surface area contributed by atoms with Crippen LogP contribution in [0.25, 0.3) is 5.69 Å². The van der Waals surface area contributed by atoms with Crippen LogP contribution in [0, 0.1) is 11.6 Å². The highest BCUT2D eigenvalue weighted by Gasteiger charge is 2.29. The summed E-state index contributed by atoms with van der Waals surface area (Å²) in [5, 5.41) is 10.8. The molecule has 1 aromatic heterocycles. The van der Waals surface area contributed by atoms with Crippen molar-refractivity contribution in [1.82, 2.24) is 25.2 Å². The quantitative estimate of drug-likeness (QED) is 0.399. The van der Waals surface area contributed by atoms with Gasteiger partial charge < -0.3 is 24.6 Å². The molecule has 2 heterocycles. The van der Waals surface area contributed by atoms with E-state index in [2.05, 4.69) is 20.4 Å². The van der Waals surface area contributed by atoms with Crippen molar-refractivity contribution >= 4 is 35.0 Å². The van der Waals surface area contributed by atoms with Crippen molar-refractivity contribution in [2.24, 2.45) is 0 Å². The highest BCUT2D eigenvalue weighted by atomic mass is 32.1. The monoisotopic (exact) mass is 454 g/mol. The number of thiocarbonyl (C=S) groups is 1. The van der Waals surface area contributed by atoms with Crippen molar-refractivity contribution in [3.8, 4) is 5.69 Å². The molecule has 0 aliphatic carbocycles. The van der Waals surface area contributed by atoms with Crippen LogP contribution >= 0.6 is 12.2 Å². The molecule has 0 bridgehead atoms. The number of carbonyl (C=O) groups excluding carboxylic acids is 2. The molecule has 1 aliphatic heterocycles. The smallest absolute Gasteiger partial charge is 0.396 e. The zero-order valence-electron chi connectivity index (χ0n) is 16.8. The summed E-state index contributed by atoms with van der Waals surface area (Å²) in [6.45, 7) is 0.835. The fraction of sp³-hybridized carbons (Fsp3) is 0.389. The molecule has 1 saturated heterocycles. The summed E-state index contributed by atoms with van der Waals surface area (Å²) >= 11 is 4.87. The lowest BCUT2D eigenvalue weighted by Gasteiger charge is -2.35. The highest BCUT2D eigenvalue weighted by Crippen LogP contribution is 2.27. The van der Waals surface area contributed by atoms with E-state index in [0.717, 1.165) is 19.2 Å². The number of benzene rings is 1. The van der Waals surface area contributed by atoms with Crippen LogP contribution in [0.1, 0.15) is 5.69 Å². The van der Waals surface area contributed by atoms with Crippen molar-refractivity contribution in [1.29, 1.82) is 0 Å². The second-order valence-electron chi connectivity index (χ2n) is 6.53. The fourth-order valence-corrected chi connectivity index (χ4v) is 3.15. The van der Waals surface area contributed by atoms with Crippen LogP contribution in [-0.4, -0.2) is 77.3 Å². The molecule has 0 spiro atoms. The first-order valence-corrected chi connectivity index (χ1v) is 9.59. The number of hydrogen-bond donors (Lipinski definition) is 1. The average Bonchev–Trinajstić information content (AvgIpc) is 3.25. The van der Waals surface area contributed by atoms with Crippen molar-refractivity contribution in [3.63, 3.8) is 0 Å². The summed E-state index contributed by atoms with van der Waals surface area (Å²) in [7, 11) is 2.54. The van der Waals surface area contributed by atoms with E-state index in [9.17, 15) is 18.4 Å². The van der Waals surface area contributed by atoms with E-state index >= 15 is 0 Å². The number of carbonyl (C=O) groups is 2. The second kappa shape index (κ2) is 9.64. The molecule has 1 fully saturated rings. The molecular formula is C18H20F2N6O4S. The Bertz CT molecular complexity index is 970. The first-order chi connectivity index (χ1) is 14.8. The van der Waals surface area contributed by atoms with Gasteiger partial charge in [-0.25, -0.2) is 18.3 Å². The Hall–Kier alpha value is -3.35. The number of nitrogens with one attached hydrogen (secondary N) is 1. The SMILES string of the molecule is COC(=O)C(=O)N1CCN(c2c(F)cc(-n3cc(CNC(=S)OC)nn3)cc2F)CC1. The van der Waals surface area contributed by atoms with Crippen LogP contribution in [-0.2, 0) is 25.6 Å². The van der Waals surface area contributed by atoms with Crippen LogP contribution < -0.4 is 10.2 Å². The minimum absolute atomic E-state index is 0.136. The minimum atomic E-state index is -0.971. The fourth-order valence-electron chi connectivity index (χ4n) is 3.08. The molecular weight excluding hydrogens is 434 g/mol. The van der Waals surface area contributed by atoms with Crippen LogP contribution in [0.2, 0.25) is 0 Å². The summed E-state index contributed by atoms with van der Waals surface area (Å²) in [5.74, 6) is -3.31. The van der Waals surface area contributed by atoms with Gasteiger partial charge in [0.25, 0.3) is 5.17 Å². The normalized spacial score (nSPS) is 13.7. The van der Waals surface area contributed by atoms with Crippen molar-refractivity contribution in [2.75, 3.05) is 45.3 Å². The lowest BCUT2D eigenvalue weighted by molar-refractivity contribution is -0.158.